The fourth-order valence-corrected chi connectivity index (χ4v) is 1.63. The SMILES string of the molecule is NOOc1ccc(OC(=O)OCOC(=O)Oc2ccc([N+](=O)[O-])cc2)cc1. The fourth-order valence-electron chi connectivity index (χ4n) is 1.63. The van der Waals surface area contributed by atoms with Crippen molar-refractivity contribution in [1.82, 2.24) is 0 Å². The zero-order valence-electron chi connectivity index (χ0n) is 13.4. The first-order chi connectivity index (χ1) is 13.0. The summed E-state index contributed by atoms with van der Waals surface area (Å²) in [7, 11) is 0. The average Bonchev–Trinajstić information content (AvgIpc) is 2.64. The molecule has 142 valence electrons. The first-order valence-corrected chi connectivity index (χ1v) is 7.05. The van der Waals surface area contributed by atoms with Crippen molar-refractivity contribution < 1.29 is 43.3 Å². The van der Waals surface area contributed by atoms with Gasteiger partial charge in [0.2, 0.25) is 6.79 Å². The average molecular weight is 380 g/mol. The minimum Gasteiger partial charge on any atom is -0.396 e. The Morgan fingerprint density at radius 1 is 0.852 bits per heavy atom. The molecule has 0 saturated carbocycles. The van der Waals surface area contributed by atoms with Crippen molar-refractivity contribution in [3.8, 4) is 17.2 Å². The second-order valence-electron chi connectivity index (χ2n) is 4.51. The Labute approximate surface area is 150 Å². The molecule has 0 aliphatic heterocycles. The van der Waals surface area contributed by atoms with Crippen LogP contribution in [0.2, 0.25) is 0 Å². The van der Waals surface area contributed by atoms with Gasteiger partial charge >= 0.3 is 12.3 Å². The first-order valence-electron chi connectivity index (χ1n) is 7.05. The smallest absolute Gasteiger partial charge is 0.396 e. The number of nitrogens with two attached hydrogens (primary N) is 1. The van der Waals surface area contributed by atoms with Crippen LogP contribution < -0.4 is 20.3 Å². The van der Waals surface area contributed by atoms with Gasteiger partial charge in [-0.05, 0) is 36.4 Å². The highest BCUT2D eigenvalue weighted by molar-refractivity contribution is 5.65. The standard InChI is InChI=1S/C15H12N2O10/c16-27-26-13-7-5-12(6-8-13)25-15(19)23-9-22-14(18)24-11-3-1-10(2-4-11)17(20)21/h1-8H,9,16H2. The molecule has 0 aliphatic rings. The molecule has 0 heterocycles. The van der Waals surface area contributed by atoms with Crippen LogP contribution in [0.3, 0.4) is 0 Å². The van der Waals surface area contributed by atoms with Gasteiger partial charge in [0.15, 0.2) is 5.75 Å². The van der Waals surface area contributed by atoms with E-state index in [-0.39, 0.29) is 22.9 Å². The van der Waals surface area contributed by atoms with E-state index >= 15 is 0 Å². The Hall–Kier alpha value is -3.90. The summed E-state index contributed by atoms with van der Waals surface area (Å²) in [5.74, 6) is 5.13. The predicted molar refractivity (Wildman–Crippen MR) is 84.5 cm³/mol. The Bertz CT molecular complexity index is 791. The third kappa shape index (κ3) is 6.49. The monoisotopic (exact) mass is 380 g/mol. The lowest BCUT2D eigenvalue weighted by Crippen LogP contribution is -2.17. The predicted octanol–water partition coefficient (Wildman–Crippen LogP) is 2.47. The Balaban J connectivity index is 1.70. The number of nitro benzene ring substituents is 1. The van der Waals surface area contributed by atoms with Gasteiger partial charge in [-0.3, -0.25) is 10.1 Å². The number of nitro groups is 1. The molecule has 0 spiro atoms. The summed E-state index contributed by atoms with van der Waals surface area (Å²) in [5, 5.41) is 10.5. The maximum atomic E-state index is 11.4. The Kier molecular flexibility index (Phi) is 6.87. The maximum absolute atomic E-state index is 11.4. The van der Waals surface area contributed by atoms with Gasteiger partial charge in [-0.1, -0.05) is 4.99 Å². The number of ether oxygens (including phenoxy) is 4. The lowest BCUT2D eigenvalue weighted by atomic mass is 10.3. The third-order valence-corrected chi connectivity index (χ3v) is 2.77. The largest absolute Gasteiger partial charge is 0.516 e. The summed E-state index contributed by atoms with van der Waals surface area (Å²) >= 11 is 0. The Morgan fingerprint density at radius 3 is 1.74 bits per heavy atom. The lowest BCUT2D eigenvalue weighted by Gasteiger charge is -2.07. The number of hydrogen-bond donors (Lipinski definition) is 1. The molecule has 0 aliphatic carbocycles. The number of benzene rings is 2. The molecule has 0 unspecified atom stereocenters. The van der Waals surface area contributed by atoms with Crippen LogP contribution in [0.25, 0.3) is 0 Å². The molecule has 0 saturated heterocycles. The van der Waals surface area contributed by atoms with Gasteiger partial charge in [-0.2, -0.15) is 5.90 Å². The van der Waals surface area contributed by atoms with E-state index in [1.165, 1.54) is 36.4 Å². The molecule has 2 aromatic carbocycles. The number of hydrogen-bond acceptors (Lipinski definition) is 11. The topological polar surface area (TPSA) is 159 Å². The van der Waals surface area contributed by atoms with Gasteiger partial charge in [-0.15, -0.1) is 0 Å². The van der Waals surface area contributed by atoms with Gasteiger partial charge < -0.3 is 23.8 Å². The molecular weight excluding hydrogens is 368 g/mol. The molecule has 2 N–H and O–H groups in total. The van der Waals surface area contributed by atoms with E-state index in [0.717, 1.165) is 12.1 Å². The van der Waals surface area contributed by atoms with E-state index < -0.39 is 24.0 Å². The van der Waals surface area contributed by atoms with Crippen molar-refractivity contribution in [1.29, 1.82) is 0 Å². The van der Waals surface area contributed by atoms with E-state index in [1.807, 2.05) is 0 Å². The summed E-state index contributed by atoms with van der Waals surface area (Å²) in [5.41, 5.74) is -0.169. The van der Waals surface area contributed by atoms with Crippen molar-refractivity contribution >= 4 is 18.0 Å². The number of rotatable bonds is 7. The second-order valence-corrected chi connectivity index (χ2v) is 4.51. The summed E-state index contributed by atoms with van der Waals surface area (Å²) in [6, 6.07) is 10.3. The van der Waals surface area contributed by atoms with Crippen LogP contribution in [0.15, 0.2) is 48.5 Å². The van der Waals surface area contributed by atoms with Gasteiger partial charge in [0, 0.05) is 12.1 Å². The van der Waals surface area contributed by atoms with Crippen LogP contribution in [-0.4, -0.2) is 24.0 Å². The van der Waals surface area contributed by atoms with Crippen LogP contribution in [0.5, 0.6) is 17.2 Å². The molecule has 0 bridgehead atoms. The molecule has 2 aromatic rings. The molecule has 0 radical (unpaired) electrons. The van der Waals surface area contributed by atoms with Crippen LogP contribution in [0.1, 0.15) is 0 Å². The minimum atomic E-state index is -1.18. The molecule has 0 fully saturated rings. The van der Waals surface area contributed by atoms with Gasteiger partial charge in [-0.25, -0.2) is 9.59 Å². The van der Waals surface area contributed by atoms with Crippen molar-refractivity contribution in [2.24, 2.45) is 5.90 Å². The summed E-state index contributed by atoms with van der Waals surface area (Å²) in [6.07, 6.45) is -2.32. The summed E-state index contributed by atoms with van der Waals surface area (Å²) < 4.78 is 18.6. The lowest BCUT2D eigenvalue weighted by molar-refractivity contribution is -0.384. The van der Waals surface area contributed by atoms with E-state index in [0.29, 0.717) is 0 Å². The highest BCUT2D eigenvalue weighted by Gasteiger charge is 2.12. The molecule has 0 amide bonds. The first kappa shape index (κ1) is 19.4. The minimum absolute atomic E-state index is 0.0111. The van der Waals surface area contributed by atoms with Crippen molar-refractivity contribution in [2.75, 3.05) is 6.79 Å². The number of carbonyl (C=O) groups is 2. The fraction of sp³-hybridized carbons (Fsp3) is 0.0667. The number of carbonyl (C=O) groups excluding carboxylic acids is 2. The van der Waals surface area contributed by atoms with E-state index in [9.17, 15) is 19.7 Å². The third-order valence-electron chi connectivity index (χ3n) is 2.77. The van der Waals surface area contributed by atoms with Gasteiger partial charge in [0.1, 0.15) is 11.5 Å². The van der Waals surface area contributed by atoms with Crippen molar-refractivity contribution in [2.45, 2.75) is 0 Å². The molecule has 0 aromatic heterocycles. The highest BCUT2D eigenvalue weighted by atomic mass is 17.3. The summed E-state index contributed by atoms with van der Waals surface area (Å²) in [4.78, 5) is 41.3. The zero-order valence-corrected chi connectivity index (χ0v) is 13.4. The van der Waals surface area contributed by atoms with E-state index in [1.54, 1.807) is 0 Å². The van der Waals surface area contributed by atoms with Crippen LogP contribution in [0.4, 0.5) is 15.3 Å². The van der Waals surface area contributed by atoms with E-state index in [4.69, 9.17) is 15.4 Å². The quantitative estimate of drug-likeness (QED) is 0.188. The van der Waals surface area contributed by atoms with Gasteiger partial charge in [0.25, 0.3) is 5.69 Å². The highest BCUT2D eigenvalue weighted by Crippen LogP contribution is 2.19. The molecule has 2 rings (SSSR count). The maximum Gasteiger partial charge on any atom is 0.516 e. The number of non-ortho nitro benzene ring substituents is 1. The normalized spacial score (nSPS) is 9.81. The zero-order chi connectivity index (χ0) is 19.6. The van der Waals surface area contributed by atoms with E-state index in [2.05, 4.69) is 19.3 Å². The van der Waals surface area contributed by atoms with Crippen LogP contribution in [-0.2, 0) is 14.5 Å². The number of nitrogens with zero attached hydrogens (tertiary/aromatic N) is 1. The molecule has 12 heteroatoms. The van der Waals surface area contributed by atoms with Crippen LogP contribution >= 0.6 is 0 Å². The second kappa shape index (κ2) is 9.55. The Morgan fingerprint density at radius 2 is 1.30 bits per heavy atom. The van der Waals surface area contributed by atoms with Crippen molar-refractivity contribution in [3.63, 3.8) is 0 Å². The van der Waals surface area contributed by atoms with Crippen molar-refractivity contribution in [3.05, 3.63) is 58.6 Å². The van der Waals surface area contributed by atoms with Crippen LogP contribution in [0, 0.1) is 10.1 Å². The molecule has 0 atom stereocenters. The molecule has 27 heavy (non-hydrogen) atoms. The summed E-state index contributed by atoms with van der Waals surface area (Å²) in [6.45, 7) is -0.771. The molecular formula is C15H12N2O10. The molecule has 12 nitrogen and oxygen atoms in total. The van der Waals surface area contributed by atoms with Gasteiger partial charge in [0.05, 0.1) is 4.92 Å².